The molecule has 3 N–H and O–H groups in total. The summed E-state index contributed by atoms with van der Waals surface area (Å²) in [5.74, 6) is -0.937. The lowest BCUT2D eigenvalue weighted by Crippen LogP contribution is -2.28. The molecule has 10 heteroatoms. The number of hydrogen-bond donors (Lipinski definition) is 3. The highest BCUT2D eigenvalue weighted by Crippen LogP contribution is 2.36. The van der Waals surface area contributed by atoms with E-state index in [0.29, 0.717) is 24.4 Å². The molecular formula is C19H19ClF3N3O3. The van der Waals surface area contributed by atoms with Crippen LogP contribution in [0.25, 0.3) is 0 Å². The van der Waals surface area contributed by atoms with Crippen LogP contribution < -0.4 is 16.0 Å². The number of benzene rings is 2. The molecule has 0 atom stereocenters. The van der Waals surface area contributed by atoms with Crippen LogP contribution in [0.5, 0.6) is 0 Å². The molecule has 0 heterocycles. The van der Waals surface area contributed by atoms with Gasteiger partial charge in [0.25, 0.3) is 5.91 Å². The van der Waals surface area contributed by atoms with Crippen LogP contribution in [-0.2, 0) is 15.7 Å². The predicted octanol–water partition coefficient (Wildman–Crippen LogP) is 3.79. The standard InChI is InChI=1S/C19H19ClF3N3O3/c1-29-9-8-24-18(28)13-4-2-3-5-16(13)25-11-17(27)26-12-6-7-15(20)14(10-12)19(21,22)23/h2-7,10,25H,8-9,11H2,1H3,(H,24,28)(H,26,27). The van der Waals surface area contributed by atoms with Gasteiger partial charge in [-0.2, -0.15) is 13.2 Å². The van der Waals surface area contributed by atoms with Crippen LogP contribution in [0.4, 0.5) is 24.5 Å². The summed E-state index contributed by atoms with van der Waals surface area (Å²) in [5, 5.41) is 7.39. The minimum Gasteiger partial charge on any atom is -0.383 e. The number of methoxy groups -OCH3 is 1. The van der Waals surface area contributed by atoms with E-state index >= 15 is 0 Å². The first kappa shape index (κ1) is 22.5. The monoisotopic (exact) mass is 429 g/mol. The van der Waals surface area contributed by atoms with E-state index in [-0.39, 0.29) is 18.1 Å². The molecule has 29 heavy (non-hydrogen) atoms. The maximum Gasteiger partial charge on any atom is 0.417 e. The molecule has 0 saturated carbocycles. The Kier molecular flexibility index (Phi) is 7.86. The van der Waals surface area contributed by atoms with Crippen LogP contribution in [0.15, 0.2) is 42.5 Å². The molecule has 2 aromatic rings. The summed E-state index contributed by atoms with van der Waals surface area (Å²) in [6.07, 6.45) is -4.63. The van der Waals surface area contributed by atoms with E-state index in [1.165, 1.54) is 13.2 Å². The van der Waals surface area contributed by atoms with Gasteiger partial charge in [0, 0.05) is 25.0 Å². The summed E-state index contributed by atoms with van der Waals surface area (Å²) in [5.41, 5.74) is -0.353. The molecule has 2 rings (SSSR count). The van der Waals surface area contributed by atoms with Crippen molar-refractivity contribution in [3.05, 3.63) is 58.6 Å². The summed E-state index contributed by atoms with van der Waals surface area (Å²) in [7, 11) is 1.51. The Morgan fingerprint density at radius 1 is 1.14 bits per heavy atom. The minimum atomic E-state index is -4.63. The molecule has 0 aromatic heterocycles. The second-order valence-electron chi connectivity index (χ2n) is 5.89. The van der Waals surface area contributed by atoms with Gasteiger partial charge >= 0.3 is 6.18 Å². The molecule has 0 aliphatic rings. The first-order valence-electron chi connectivity index (χ1n) is 8.49. The number of carbonyl (C=O) groups excluding carboxylic acids is 2. The van der Waals surface area contributed by atoms with E-state index in [2.05, 4.69) is 16.0 Å². The van der Waals surface area contributed by atoms with Gasteiger partial charge in [-0.25, -0.2) is 0 Å². The van der Waals surface area contributed by atoms with Gasteiger partial charge in [-0.05, 0) is 30.3 Å². The fourth-order valence-corrected chi connectivity index (χ4v) is 2.62. The summed E-state index contributed by atoms with van der Waals surface area (Å²) >= 11 is 5.56. The van der Waals surface area contributed by atoms with Crippen molar-refractivity contribution >= 4 is 34.8 Å². The number of anilines is 2. The van der Waals surface area contributed by atoms with Crippen molar-refractivity contribution in [3.8, 4) is 0 Å². The third-order valence-electron chi connectivity index (χ3n) is 3.76. The van der Waals surface area contributed by atoms with Crippen molar-refractivity contribution in [2.75, 3.05) is 37.4 Å². The third-order valence-corrected chi connectivity index (χ3v) is 4.09. The molecule has 0 unspecified atom stereocenters. The Labute approximate surface area is 170 Å². The van der Waals surface area contributed by atoms with Crippen molar-refractivity contribution in [2.45, 2.75) is 6.18 Å². The lowest BCUT2D eigenvalue weighted by molar-refractivity contribution is -0.137. The maximum absolute atomic E-state index is 12.9. The normalized spacial score (nSPS) is 11.1. The number of amides is 2. The summed E-state index contributed by atoms with van der Waals surface area (Å²) < 4.78 is 43.6. The van der Waals surface area contributed by atoms with Gasteiger partial charge in [-0.15, -0.1) is 0 Å². The zero-order valence-electron chi connectivity index (χ0n) is 15.4. The second kappa shape index (κ2) is 10.1. The summed E-state index contributed by atoms with van der Waals surface area (Å²) in [6, 6.07) is 9.64. The lowest BCUT2D eigenvalue weighted by Gasteiger charge is -2.14. The fraction of sp³-hybridized carbons (Fsp3) is 0.263. The van der Waals surface area contributed by atoms with Crippen molar-refractivity contribution in [2.24, 2.45) is 0 Å². The van der Waals surface area contributed by atoms with E-state index in [0.717, 1.165) is 12.1 Å². The molecule has 0 spiro atoms. The van der Waals surface area contributed by atoms with E-state index in [4.69, 9.17) is 16.3 Å². The minimum absolute atomic E-state index is 0.0425. The highest BCUT2D eigenvalue weighted by molar-refractivity contribution is 6.31. The molecule has 2 aromatic carbocycles. The third kappa shape index (κ3) is 6.65. The zero-order chi connectivity index (χ0) is 21.4. The number of nitrogens with one attached hydrogen (secondary N) is 3. The lowest BCUT2D eigenvalue weighted by atomic mass is 10.1. The van der Waals surface area contributed by atoms with E-state index in [1.54, 1.807) is 24.3 Å². The Balaban J connectivity index is 2.01. The van der Waals surface area contributed by atoms with Gasteiger partial charge in [0.1, 0.15) is 0 Å². The Hall–Kier alpha value is -2.78. The van der Waals surface area contributed by atoms with Gasteiger partial charge in [-0.3, -0.25) is 9.59 Å². The second-order valence-corrected chi connectivity index (χ2v) is 6.30. The van der Waals surface area contributed by atoms with Gasteiger partial charge in [0.2, 0.25) is 5.91 Å². The van der Waals surface area contributed by atoms with Crippen molar-refractivity contribution in [1.29, 1.82) is 0 Å². The SMILES string of the molecule is COCCNC(=O)c1ccccc1NCC(=O)Nc1ccc(Cl)c(C(F)(F)F)c1. The highest BCUT2D eigenvalue weighted by Gasteiger charge is 2.33. The fourth-order valence-electron chi connectivity index (χ4n) is 2.40. The molecule has 0 radical (unpaired) electrons. The number of carbonyl (C=O) groups is 2. The number of hydrogen-bond acceptors (Lipinski definition) is 4. The number of para-hydroxylation sites is 1. The topological polar surface area (TPSA) is 79.5 Å². The Bertz CT molecular complexity index is 875. The summed E-state index contributed by atoms with van der Waals surface area (Å²) in [4.78, 5) is 24.3. The number of rotatable bonds is 8. The number of ether oxygens (including phenoxy) is 1. The molecule has 0 aliphatic heterocycles. The highest BCUT2D eigenvalue weighted by atomic mass is 35.5. The first-order chi connectivity index (χ1) is 13.7. The molecule has 0 bridgehead atoms. The molecule has 0 saturated heterocycles. The molecule has 0 fully saturated rings. The van der Waals surface area contributed by atoms with Crippen LogP contribution in [0.3, 0.4) is 0 Å². The molecule has 156 valence electrons. The Morgan fingerprint density at radius 2 is 1.86 bits per heavy atom. The average Bonchev–Trinajstić information content (AvgIpc) is 2.67. The van der Waals surface area contributed by atoms with Crippen molar-refractivity contribution < 1.29 is 27.5 Å². The van der Waals surface area contributed by atoms with Gasteiger partial charge in [-0.1, -0.05) is 23.7 Å². The van der Waals surface area contributed by atoms with Crippen LogP contribution in [0, 0.1) is 0 Å². The van der Waals surface area contributed by atoms with Gasteiger partial charge in [0.05, 0.1) is 29.3 Å². The van der Waals surface area contributed by atoms with Crippen LogP contribution in [-0.4, -0.2) is 38.6 Å². The van der Waals surface area contributed by atoms with E-state index in [9.17, 15) is 22.8 Å². The molecular weight excluding hydrogens is 411 g/mol. The van der Waals surface area contributed by atoms with Crippen molar-refractivity contribution in [1.82, 2.24) is 5.32 Å². The first-order valence-corrected chi connectivity index (χ1v) is 8.87. The predicted molar refractivity (Wildman–Crippen MR) is 104 cm³/mol. The van der Waals surface area contributed by atoms with Crippen LogP contribution in [0.2, 0.25) is 5.02 Å². The van der Waals surface area contributed by atoms with Crippen molar-refractivity contribution in [3.63, 3.8) is 0 Å². The average molecular weight is 430 g/mol. The molecule has 6 nitrogen and oxygen atoms in total. The zero-order valence-corrected chi connectivity index (χ0v) is 16.2. The smallest absolute Gasteiger partial charge is 0.383 e. The number of alkyl halides is 3. The quantitative estimate of drug-likeness (QED) is 0.558. The molecule has 2 amide bonds. The largest absolute Gasteiger partial charge is 0.417 e. The van der Waals surface area contributed by atoms with E-state index in [1.807, 2.05) is 0 Å². The van der Waals surface area contributed by atoms with E-state index < -0.39 is 22.7 Å². The maximum atomic E-state index is 12.9. The van der Waals surface area contributed by atoms with Crippen LogP contribution in [0.1, 0.15) is 15.9 Å². The van der Waals surface area contributed by atoms with Crippen LogP contribution >= 0.6 is 11.6 Å². The van der Waals surface area contributed by atoms with Gasteiger partial charge in [0.15, 0.2) is 0 Å². The molecule has 0 aliphatic carbocycles. The number of halogens is 4. The van der Waals surface area contributed by atoms with Gasteiger partial charge < -0.3 is 20.7 Å². The Morgan fingerprint density at radius 3 is 2.55 bits per heavy atom. The summed E-state index contributed by atoms with van der Waals surface area (Å²) in [6.45, 7) is 0.416.